The molecular formula is C36H40FN3O6. The maximum atomic E-state index is 14.2. The first-order valence-electron chi connectivity index (χ1n) is 15.2. The van der Waals surface area contributed by atoms with Crippen LogP contribution in [0.2, 0.25) is 0 Å². The third kappa shape index (κ3) is 6.45. The van der Waals surface area contributed by atoms with Gasteiger partial charge in [-0.1, -0.05) is 0 Å². The summed E-state index contributed by atoms with van der Waals surface area (Å²) in [6.07, 6.45) is 1.75. The second kappa shape index (κ2) is 12.1. The van der Waals surface area contributed by atoms with E-state index in [0.717, 1.165) is 10.9 Å². The van der Waals surface area contributed by atoms with Gasteiger partial charge in [0.1, 0.15) is 46.1 Å². The number of ether oxygens (including phenoxy) is 2. The number of methoxy groups -OCH3 is 1. The quantitative estimate of drug-likeness (QED) is 0.197. The summed E-state index contributed by atoms with van der Waals surface area (Å²) < 4.78 is 25.8. The number of halogens is 1. The molecular weight excluding hydrogens is 589 g/mol. The molecule has 0 aliphatic carbocycles. The fraction of sp³-hybridized carbons (Fsp3) is 0.389. The van der Waals surface area contributed by atoms with E-state index in [4.69, 9.17) is 14.5 Å². The van der Waals surface area contributed by atoms with E-state index < -0.39 is 16.6 Å². The summed E-state index contributed by atoms with van der Waals surface area (Å²) in [4.78, 5) is 36.2. The van der Waals surface area contributed by atoms with Crippen LogP contribution in [-0.4, -0.2) is 57.7 Å². The van der Waals surface area contributed by atoms with Gasteiger partial charge in [0.05, 0.1) is 18.4 Å². The number of aryl methyl sites for hydroxylation is 2. The van der Waals surface area contributed by atoms with Gasteiger partial charge >= 0.3 is 0 Å². The number of hydrogen-bond donors (Lipinski definition) is 3. The van der Waals surface area contributed by atoms with E-state index >= 15 is 0 Å². The van der Waals surface area contributed by atoms with Gasteiger partial charge < -0.3 is 25.0 Å². The van der Waals surface area contributed by atoms with Crippen molar-refractivity contribution in [1.29, 1.82) is 0 Å². The van der Waals surface area contributed by atoms with Crippen molar-refractivity contribution >= 4 is 22.6 Å². The van der Waals surface area contributed by atoms with E-state index in [2.05, 4.69) is 10.3 Å². The summed E-state index contributed by atoms with van der Waals surface area (Å²) in [5.41, 5.74) is 0.159. The van der Waals surface area contributed by atoms with Gasteiger partial charge in [-0.05, 0) is 102 Å². The van der Waals surface area contributed by atoms with Gasteiger partial charge in [0.15, 0.2) is 5.78 Å². The number of amides is 1. The molecule has 3 heterocycles. The molecule has 2 atom stereocenters. The van der Waals surface area contributed by atoms with Crippen molar-refractivity contribution in [3.8, 4) is 22.8 Å². The van der Waals surface area contributed by atoms with E-state index in [1.54, 1.807) is 71.1 Å². The Hall–Kier alpha value is -4.41. The topological polar surface area (TPSA) is 131 Å². The number of benzene rings is 2. The number of fused-ring (bicyclic) bond motifs is 2. The Morgan fingerprint density at radius 2 is 1.85 bits per heavy atom. The predicted octanol–water partition coefficient (Wildman–Crippen LogP) is 5.47. The minimum absolute atomic E-state index is 0.00289. The van der Waals surface area contributed by atoms with E-state index in [-0.39, 0.29) is 49.2 Å². The Kier molecular flexibility index (Phi) is 8.65. The van der Waals surface area contributed by atoms with Gasteiger partial charge in [-0.3, -0.25) is 14.6 Å². The van der Waals surface area contributed by atoms with Crippen molar-refractivity contribution < 1.29 is 33.7 Å². The summed E-state index contributed by atoms with van der Waals surface area (Å²) in [6, 6.07) is 11.5. The molecule has 1 aliphatic heterocycles. The van der Waals surface area contributed by atoms with Gasteiger partial charge in [-0.15, -0.1) is 0 Å². The maximum absolute atomic E-state index is 14.2. The Labute approximate surface area is 267 Å². The van der Waals surface area contributed by atoms with Crippen LogP contribution in [0.5, 0.6) is 11.5 Å². The Bertz CT molecular complexity index is 1850. The number of ketones is 1. The lowest BCUT2D eigenvalue weighted by molar-refractivity contribution is -0.127. The molecule has 0 fully saturated rings. The molecule has 0 saturated heterocycles. The summed E-state index contributed by atoms with van der Waals surface area (Å²) >= 11 is 0. The minimum atomic E-state index is -1.60. The number of hydrogen-bond acceptors (Lipinski definition) is 8. The lowest BCUT2D eigenvalue weighted by atomic mass is 9.81. The highest BCUT2D eigenvalue weighted by molar-refractivity contribution is 6.01. The first-order valence-corrected chi connectivity index (χ1v) is 15.2. The number of Topliss-reactive ketones (excluding diaryl/α,β-unsaturated/α-hetero) is 1. The summed E-state index contributed by atoms with van der Waals surface area (Å²) in [7, 11) is 1.53. The van der Waals surface area contributed by atoms with Gasteiger partial charge in [0, 0.05) is 41.2 Å². The molecule has 5 rings (SSSR count). The molecule has 1 aliphatic rings. The zero-order valence-corrected chi connectivity index (χ0v) is 27.2. The highest BCUT2D eigenvalue weighted by Gasteiger charge is 2.46. The molecule has 1 amide bonds. The highest BCUT2D eigenvalue weighted by Crippen LogP contribution is 2.46. The fourth-order valence-electron chi connectivity index (χ4n) is 5.60. The summed E-state index contributed by atoms with van der Waals surface area (Å²) in [5.74, 6) is -0.104. The molecule has 0 spiro atoms. The van der Waals surface area contributed by atoms with Crippen LogP contribution < -0.4 is 14.8 Å². The third-order valence-corrected chi connectivity index (χ3v) is 8.50. The Balaban J connectivity index is 1.51. The number of carbonyl (C=O) groups is 2. The first-order chi connectivity index (χ1) is 21.5. The number of rotatable bonds is 10. The standard InChI is InChI=1S/C36H40FN3O6/c1-20-12-24-14-23(15-28(45-7)30(24)38-17-20)27(41)10-11-36(6,44)29-16-25-32(31(40-29)22-8-9-26(37)21(2)13-22)46-19-35(25,5)33(42)39-18-34(3,4)43/h8-9,12-17,43-44H,10-11,18-19H2,1-7H3,(H,39,42)/t35-,36-/m0/s1. The SMILES string of the molecule is COc1cc(C(=O)CC[C@](C)(O)c2cc3c(c(-c4ccc(F)c(C)c4)n2)OC[C@]3(C)C(=O)NCC(C)(C)O)cc2cc(C)cnc12. The Morgan fingerprint density at radius 1 is 1.11 bits per heavy atom. The molecule has 0 unspecified atom stereocenters. The number of nitrogens with zero attached hydrogens (tertiary/aromatic N) is 2. The zero-order valence-electron chi connectivity index (χ0n) is 27.2. The van der Waals surface area contributed by atoms with Crippen molar-refractivity contribution in [2.45, 2.75) is 71.0 Å². The number of aromatic nitrogens is 2. The fourth-order valence-corrected chi connectivity index (χ4v) is 5.60. The molecule has 46 heavy (non-hydrogen) atoms. The normalized spacial score (nSPS) is 17.3. The van der Waals surface area contributed by atoms with E-state index in [1.807, 2.05) is 13.0 Å². The van der Waals surface area contributed by atoms with Gasteiger partial charge in [-0.25, -0.2) is 9.37 Å². The average Bonchev–Trinajstić information content (AvgIpc) is 3.35. The summed E-state index contributed by atoms with van der Waals surface area (Å²) in [5, 5.41) is 25.6. The predicted molar refractivity (Wildman–Crippen MR) is 173 cm³/mol. The van der Waals surface area contributed by atoms with Crippen LogP contribution in [-0.2, 0) is 15.8 Å². The largest absolute Gasteiger partial charge is 0.494 e. The molecule has 2 aromatic carbocycles. The Morgan fingerprint density at radius 3 is 2.52 bits per heavy atom. The molecule has 3 N–H and O–H groups in total. The smallest absolute Gasteiger partial charge is 0.234 e. The third-order valence-electron chi connectivity index (χ3n) is 8.50. The van der Waals surface area contributed by atoms with E-state index in [0.29, 0.717) is 45.0 Å². The molecule has 2 aromatic heterocycles. The lowest BCUT2D eigenvalue weighted by Gasteiger charge is -2.27. The van der Waals surface area contributed by atoms with Crippen LogP contribution >= 0.6 is 0 Å². The van der Waals surface area contributed by atoms with Crippen molar-refractivity contribution in [1.82, 2.24) is 15.3 Å². The maximum Gasteiger partial charge on any atom is 0.234 e. The second-order valence-corrected chi connectivity index (χ2v) is 13.3. The van der Waals surface area contributed by atoms with Crippen molar-refractivity contribution in [2.75, 3.05) is 20.3 Å². The van der Waals surface area contributed by atoms with E-state index in [9.17, 15) is 24.2 Å². The van der Waals surface area contributed by atoms with Crippen LogP contribution in [0.4, 0.5) is 4.39 Å². The molecule has 10 heteroatoms. The number of nitrogens with one attached hydrogen (secondary N) is 1. The molecule has 4 aromatic rings. The molecule has 0 radical (unpaired) electrons. The monoisotopic (exact) mass is 629 g/mol. The van der Waals surface area contributed by atoms with Gasteiger partial charge in [0.2, 0.25) is 5.91 Å². The summed E-state index contributed by atoms with van der Waals surface area (Å²) in [6.45, 7) is 10.1. The van der Waals surface area contributed by atoms with Crippen LogP contribution in [0.3, 0.4) is 0 Å². The van der Waals surface area contributed by atoms with Crippen LogP contribution in [0, 0.1) is 19.7 Å². The lowest BCUT2D eigenvalue weighted by Crippen LogP contribution is -2.48. The minimum Gasteiger partial charge on any atom is -0.494 e. The first kappa shape index (κ1) is 33.0. The van der Waals surface area contributed by atoms with Crippen molar-refractivity contribution in [3.63, 3.8) is 0 Å². The van der Waals surface area contributed by atoms with Crippen LogP contribution in [0.25, 0.3) is 22.2 Å². The van der Waals surface area contributed by atoms with Crippen LogP contribution in [0.15, 0.2) is 48.7 Å². The number of carbonyl (C=O) groups excluding carboxylic acids is 2. The average molecular weight is 630 g/mol. The zero-order chi connectivity index (χ0) is 33.6. The van der Waals surface area contributed by atoms with Crippen molar-refractivity contribution in [2.24, 2.45) is 0 Å². The number of pyridine rings is 2. The van der Waals surface area contributed by atoms with Gasteiger partial charge in [-0.2, -0.15) is 0 Å². The second-order valence-electron chi connectivity index (χ2n) is 13.3. The van der Waals surface area contributed by atoms with Crippen molar-refractivity contribution in [3.05, 3.63) is 82.4 Å². The molecule has 0 bridgehead atoms. The molecule has 9 nitrogen and oxygen atoms in total. The molecule has 242 valence electrons. The molecule has 0 saturated carbocycles. The van der Waals surface area contributed by atoms with Crippen LogP contribution in [0.1, 0.15) is 73.3 Å². The number of aliphatic hydroxyl groups is 2. The highest BCUT2D eigenvalue weighted by atomic mass is 19.1. The van der Waals surface area contributed by atoms with Gasteiger partial charge in [0.25, 0.3) is 0 Å². The van der Waals surface area contributed by atoms with E-state index in [1.165, 1.54) is 13.2 Å².